The minimum absolute atomic E-state index is 0.184. The van der Waals surface area contributed by atoms with Crippen molar-refractivity contribution in [2.45, 2.75) is 25.8 Å². The van der Waals surface area contributed by atoms with Gasteiger partial charge in [0.15, 0.2) is 0 Å². The van der Waals surface area contributed by atoms with Crippen LogP contribution in [0.25, 0.3) is 0 Å². The fourth-order valence-electron chi connectivity index (χ4n) is 2.38. The Morgan fingerprint density at radius 1 is 1.14 bits per heavy atom. The van der Waals surface area contributed by atoms with Crippen molar-refractivity contribution in [2.24, 2.45) is 0 Å². The molecule has 0 amide bonds. The molecular formula is C17H18BrClFN. The largest absolute Gasteiger partial charge is 0.314 e. The van der Waals surface area contributed by atoms with Gasteiger partial charge in [-0.25, -0.2) is 4.39 Å². The van der Waals surface area contributed by atoms with E-state index < -0.39 is 0 Å². The van der Waals surface area contributed by atoms with Crippen LogP contribution in [-0.2, 0) is 12.8 Å². The van der Waals surface area contributed by atoms with E-state index in [0.717, 1.165) is 17.4 Å². The van der Waals surface area contributed by atoms with Crippen molar-refractivity contribution >= 4 is 27.5 Å². The first-order valence-electron chi connectivity index (χ1n) is 7.00. The number of halogens is 3. The van der Waals surface area contributed by atoms with Crippen molar-refractivity contribution in [3.8, 4) is 0 Å². The standard InChI is InChI=1S/C17H18BrClFN/c1-2-21-16(9-12-3-5-14(18)6-4-12)11-13-10-15(19)7-8-17(13)20/h3-8,10,16,21H,2,9,11H2,1H3. The second kappa shape index (κ2) is 7.92. The maximum Gasteiger partial charge on any atom is 0.126 e. The van der Waals surface area contributed by atoms with Gasteiger partial charge in [0.2, 0.25) is 0 Å². The summed E-state index contributed by atoms with van der Waals surface area (Å²) >= 11 is 9.40. The van der Waals surface area contributed by atoms with Crippen LogP contribution in [0.5, 0.6) is 0 Å². The molecule has 0 aromatic heterocycles. The fraction of sp³-hybridized carbons (Fsp3) is 0.294. The summed E-state index contributed by atoms with van der Waals surface area (Å²) in [5.41, 5.74) is 1.89. The Hall–Kier alpha value is -0.900. The third-order valence-corrected chi connectivity index (χ3v) is 4.13. The normalized spacial score (nSPS) is 12.4. The molecule has 0 heterocycles. The van der Waals surface area contributed by atoms with Gasteiger partial charge in [0.25, 0.3) is 0 Å². The van der Waals surface area contributed by atoms with Crippen molar-refractivity contribution in [3.63, 3.8) is 0 Å². The number of hydrogen-bond donors (Lipinski definition) is 1. The lowest BCUT2D eigenvalue weighted by Gasteiger charge is -2.19. The zero-order chi connectivity index (χ0) is 15.2. The first kappa shape index (κ1) is 16.5. The Kier molecular flexibility index (Phi) is 6.22. The first-order valence-corrected chi connectivity index (χ1v) is 8.17. The van der Waals surface area contributed by atoms with Gasteiger partial charge in [0.1, 0.15) is 5.82 Å². The van der Waals surface area contributed by atoms with Crippen molar-refractivity contribution in [1.29, 1.82) is 0 Å². The lowest BCUT2D eigenvalue weighted by Crippen LogP contribution is -2.33. The van der Waals surface area contributed by atoms with Gasteiger partial charge < -0.3 is 5.32 Å². The SMILES string of the molecule is CCNC(Cc1ccc(Br)cc1)Cc1cc(Cl)ccc1F. The van der Waals surface area contributed by atoms with Gasteiger partial charge in [0, 0.05) is 15.5 Å². The summed E-state index contributed by atoms with van der Waals surface area (Å²) in [6.45, 7) is 2.91. The smallest absolute Gasteiger partial charge is 0.126 e. The second-order valence-corrected chi connectivity index (χ2v) is 6.38. The molecular weight excluding hydrogens is 353 g/mol. The van der Waals surface area contributed by atoms with Crippen LogP contribution in [0, 0.1) is 5.82 Å². The van der Waals surface area contributed by atoms with Crippen LogP contribution in [0.4, 0.5) is 4.39 Å². The van der Waals surface area contributed by atoms with E-state index >= 15 is 0 Å². The van der Waals surface area contributed by atoms with E-state index in [-0.39, 0.29) is 11.9 Å². The van der Waals surface area contributed by atoms with Crippen LogP contribution in [0.3, 0.4) is 0 Å². The molecule has 0 aliphatic heterocycles. The third-order valence-electron chi connectivity index (χ3n) is 3.36. The topological polar surface area (TPSA) is 12.0 Å². The van der Waals surface area contributed by atoms with Gasteiger partial charge in [-0.2, -0.15) is 0 Å². The van der Waals surface area contributed by atoms with E-state index in [1.165, 1.54) is 11.6 Å². The van der Waals surface area contributed by atoms with Gasteiger partial charge in [-0.1, -0.05) is 46.6 Å². The molecule has 0 bridgehead atoms. The van der Waals surface area contributed by atoms with Crippen LogP contribution in [0.15, 0.2) is 46.9 Å². The fourth-order valence-corrected chi connectivity index (χ4v) is 2.83. The van der Waals surface area contributed by atoms with E-state index in [9.17, 15) is 4.39 Å². The average molecular weight is 371 g/mol. The minimum Gasteiger partial charge on any atom is -0.314 e. The molecule has 0 radical (unpaired) electrons. The lowest BCUT2D eigenvalue weighted by molar-refractivity contribution is 0.506. The van der Waals surface area contributed by atoms with Gasteiger partial charge in [-0.3, -0.25) is 0 Å². The Bertz CT molecular complexity index is 586. The molecule has 0 aliphatic carbocycles. The molecule has 1 N–H and O–H groups in total. The predicted molar refractivity (Wildman–Crippen MR) is 90.4 cm³/mol. The van der Waals surface area contributed by atoms with Crippen LogP contribution >= 0.6 is 27.5 Å². The van der Waals surface area contributed by atoms with E-state index in [1.807, 2.05) is 12.1 Å². The molecule has 2 rings (SSSR count). The molecule has 0 aliphatic rings. The van der Waals surface area contributed by atoms with Gasteiger partial charge in [-0.15, -0.1) is 0 Å². The molecule has 0 saturated heterocycles. The van der Waals surface area contributed by atoms with Crippen LogP contribution in [-0.4, -0.2) is 12.6 Å². The number of likely N-dealkylation sites (N-methyl/N-ethyl adjacent to an activating group) is 1. The molecule has 1 atom stereocenters. The summed E-state index contributed by atoms with van der Waals surface area (Å²) in [4.78, 5) is 0. The molecule has 1 unspecified atom stereocenters. The molecule has 21 heavy (non-hydrogen) atoms. The molecule has 0 spiro atoms. The summed E-state index contributed by atoms with van der Waals surface area (Å²) in [6.07, 6.45) is 1.48. The van der Waals surface area contributed by atoms with Crippen molar-refractivity contribution in [3.05, 3.63) is 68.9 Å². The summed E-state index contributed by atoms with van der Waals surface area (Å²) in [6, 6.07) is 13.1. The van der Waals surface area contributed by atoms with Gasteiger partial charge in [0.05, 0.1) is 0 Å². The van der Waals surface area contributed by atoms with E-state index in [4.69, 9.17) is 11.6 Å². The molecule has 2 aromatic rings. The highest BCUT2D eigenvalue weighted by Crippen LogP contribution is 2.18. The highest BCUT2D eigenvalue weighted by molar-refractivity contribution is 9.10. The van der Waals surface area contributed by atoms with E-state index in [0.29, 0.717) is 17.0 Å². The quantitative estimate of drug-likeness (QED) is 0.754. The van der Waals surface area contributed by atoms with Crippen LogP contribution < -0.4 is 5.32 Å². The lowest BCUT2D eigenvalue weighted by atomic mass is 9.98. The van der Waals surface area contributed by atoms with Gasteiger partial charge in [-0.05, 0) is 60.8 Å². The highest BCUT2D eigenvalue weighted by Gasteiger charge is 2.13. The molecule has 0 fully saturated rings. The zero-order valence-corrected chi connectivity index (χ0v) is 14.2. The minimum atomic E-state index is -0.196. The second-order valence-electron chi connectivity index (χ2n) is 5.03. The Balaban J connectivity index is 2.11. The summed E-state index contributed by atoms with van der Waals surface area (Å²) < 4.78 is 14.9. The molecule has 4 heteroatoms. The molecule has 2 aromatic carbocycles. The number of rotatable bonds is 6. The molecule has 1 nitrogen and oxygen atoms in total. The maximum absolute atomic E-state index is 13.9. The highest BCUT2D eigenvalue weighted by atomic mass is 79.9. The molecule has 112 valence electrons. The summed E-state index contributed by atoms with van der Waals surface area (Å²) in [5.74, 6) is -0.196. The summed E-state index contributed by atoms with van der Waals surface area (Å²) in [5, 5.41) is 3.99. The first-order chi connectivity index (χ1) is 10.1. The van der Waals surface area contributed by atoms with Crippen LogP contribution in [0.1, 0.15) is 18.1 Å². The number of nitrogens with one attached hydrogen (secondary N) is 1. The van der Waals surface area contributed by atoms with E-state index in [1.54, 1.807) is 12.1 Å². The third kappa shape index (κ3) is 5.10. The zero-order valence-electron chi connectivity index (χ0n) is 11.9. The Morgan fingerprint density at radius 3 is 2.52 bits per heavy atom. The Morgan fingerprint density at radius 2 is 1.86 bits per heavy atom. The maximum atomic E-state index is 13.9. The van der Waals surface area contributed by atoms with Crippen LogP contribution in [0.2, 0.25) is 5.02 Å². The molecule has 0 saturated carbocycles. The van der Waals surface area contributed by atoms with Crippen molar-refractivity contribution < 1.29 is 4.39 Å². The van der Waals surface area contributed by atoms with Gasteiger partial charge >= 0.3 is 0 Å². The van der Waals surface area contributed by atoms with E-state index in [2.05, 4.69) is 40.3 Å². The number of benzene rings is 2. The van der Waals surface area contributed by atoms with Crippen molar-refractivity contribution in [1.82, 2.24) is 5.32 Å². The number of hydrogen-bond acceptors (Lipinski definition) is 1. The monoisotopic (exact) mass is 369 g/mol. The Labute approximate surface area is 138 Å². The van der Waals surface area contributed by atoms with Crippen molar-refractivity contribution in [2.75, 3.05) is 6.54 Å². The average Bonchev–Trinajstić information content (AvgIpc) is 2.45. The summed E-state index contributed by atoms with van der Waals surface area (Å²) in [7, 11) is 0. The predicted octanol–water partition coefficient (Wildman–Crippen LogP) is 5.00.